The molecule has 0 atom stereocenters. The molecule has 2 aromatic heterocycles. The van der Waals surface area contributed by atoms with Gasteiger partial charge in [0.05, 0.1) is 6.33 Å². The maximum atomic E-state index is 11.7. The Morgan fingerprint density at radius 3 is 2.73 bits per heavy atom. The first-order valence-corrected chi connectivity index (χ1v) is 4.63. The summed E-state index contributed by atoms with van der Waals surface area (Å²) in [5.41, 5.74) is 5.79. The summed E-state index contributed by atoms with van der Waals surface area (Å²) < 4.78 is 1.79. The monoisotopic (exact) mass is 207 g/mol. The van der Waals surface area contributed by atoms with E-state index in [2.05, 4.69) is 15.0 Å². The molecular weight excluding hydrogens is 194 g/mol. The molecule has 0 aliphatic heterocycles. The summed E-state index contributed by atoms with van der Waals surface area (Å²) in [4.78, 5) is 22.2. The quantitative estimate of drug-likeness (QED) is 0.656. The summed E-state index contributed by atoms with van der Waals surface area (Å²) in [6.07, 6.45) is 1.60. The maximum Gasteiger partial charge on any atom is 0.278 e. The Labute approximate surface area is 86.2 Å². The van der Waals surface area contributed by atoms with E-state index >= 15 is 0 Å². The lowest BCUT2D eigenvalue weighted by molar-refractivity contribution is 0.407. The van der Waals surface area contributed by atoms with Crippen molar-refractivity contribution in [1.82, 2.24) is 19.5 Å². The molecule has 0 radical (unpaired) electrons. The smallest absolute Gasteiger partial charge is 0.278 e. The van der Waals surface area contributed by atoms with Crippen molar-refractivity contribution in [3.05, 3.63) is 16.7 Å². The molecule has 0 bridgehead atoms. The second-order valence-corrected chi connectivity index (χ2v) is 4.41. The van der Waals surface area contributed by atoms with Gasteiger partial charge < -0.3 is 10.3 Å². The number of nitrogen functional groups attached to an aromatic ring is 1. The van der Waals surface area contributed by atoms with Crippen LogP contribution in [0.5, 0.6) is 0 Å². The van der Waals surface area contributed by atoms with Crippen LogP contribution in [-0.4, -0.2) is 19.5 Å². The normalized spacial score (nSPS) is 12.2. The molecule has 0 saturated heterocycles. The van der Waals surface area contributed by atoms with Crippen LogP contribution in [0.15, 0.2) is 11.1 Å². The predicted octanol–water partition coefficient (Wildman–Crippen LogP) is 0.457. The van der Waals surface area contributed by atoms with Crippen LogP contribution < -0.4 is 11.3 Å². The Balaban J connectivity index is 2.87. The highest BCUT2D eigenvalue weighted by molar-refractivity contribution is 5.70. The second-order valence-electron chi connectivity index (χ2n) is 4.41. The Morgan fingerprint density at radius 1 is 1.47 bits per heavy atom. The van der Waals surface area contributed by atoms with Gasteiger partial charge in [0.25, 0.3) is 5.56 Å². The number of rotatable bonds is 0. The molecule has 0 aliphatic carbocycles. The van der Waals surface area contributed by atoms with Crippen LogP contribution in [0.4, 0.5) is 5.95 Å². The standard InChI is InChI=1S/C9H13N5O/c1-9(2,3)14-4-11-6-5(14)7(15)13-8(10)12-6/h4H,1-3H3,(H3,10,12,13,15). The van der Waals surface area contributed by atoms with E-state index in [1.807, 2.05) is 20.8 Å². The van der Waals surface area contributed by atoms with Gasteiger partial charge in [0.2, 0.25) is 5.95 Å². The molecule has 2 aromatic rings. The Morgan fingerprint density at radius 2 is 2.13 bits per heavy atom. The second kappa shape index (κ2) is 2.82. The largest absolute Gasteiger partial charge is 0.369 e. The van der Waals surface area contributed by atoms with E-state index < -0.39 is 0 Å². The lowest BCUT2D eigenvalue weighted by atomic mass is 10.1. The first-order chi connectivity index (χ1) is 6.89. The number of aromatic nitrogens is 4. The summed E-state index contributed by atoms with van der Waals surface area (Å²) in [5.74, 6) is 0.0895. The van der Waals surface area contributed by atoms with Crippen molar-refractivity contribution in [2.24, 2.45) is 0 Å². The molecule has 0 fully saturated rings. The van der Waals surface area contributed by atoms with E-state index in [0.717, 1.165) is 0 Å². The van der Waals surface area contributed by atoms with Crippen LogP contribution in [0.2, 0.25) is 0 Å². The number of aromatic amines is 1. The molecule has 0 unspecified atom stereocenters. The highest BCUT2D eigenvalue weighted by Gasteiger charge is 2.18. The highest BCUT2D eigenvalue weighted by atomic mass is 16.1. The molecule has 80 valence electrons. The van der Waals surface area contributed by atoms with Gasteiger partial charge in [-0.1, -0.05) is 0 Å². The zero-order chi connectivity index (χ0) is 11.2. The van der Waals surface area contributed by atoms with Crippen molar-refractivity contribution in [2.75, 3.05) is 5.73 Å². The van der Waals surface area contributed by atoms with Gasteiger partial charge in [-0.2, -0.15) is 4.98 Å². The Hall–Kier alpha value is -1.85. The van der Waals surface area contributed by atoms with Gasteiger partial charge in [-0.25, -0.2) is 4.98 Å². The molecular formula is C9H13N5O. The summed E-state index contributed by atoms with van der Waals surface area (Å²) in [5, 5.41) is 0. The number of hydrogen-bond acceptors (Lipinski definition) is 4. The topological polar surface area (TPSA) is 89.6 Å². The van der Waals surface area contributed by atoms with Gasteiger partial charge in [-0.15, -0.1) is 0 Å². The van der Waals surface area contributed by atoms with E-state index in [9.17, 15) is 4.79 Å². The molecule has 2 heterocycles. The Kier molecular flexibility index (Phi) is 1.82. The van der Waals surface area contributed by atoms with Gasteiger partial charge in [0.1, 0.15) is 0 Å². The average molecular weight is 207 g/mol. The third-order valence-corrected chi connectivity index (χ3v) is 2.15. The number of H-pyrrole nitrogens is 1. The van der Waals surface area contributed by atoms with Crippen LogP contribution in [0.1, 0.15) is 20.8 Å². The van der Waals surface area contributed by atoms with Crippen molar-refractivity contribution < 1.29 is 0 Å². The number of anilines is 1. The number of nitrogens with two attached hydrogens (primary N) is 1. The number of nitrogens with zero attached hydrogens (tertiary/aromatic N) is 3. The third kappa shape index (κ3) is 1.47. The van der Waals surface area contributed by atoms with Crippen molar-refractivity contribution in [1.29, 1.82) is 0 Å². The first kappa shape index (κ1) is 9.70. The number of hydrogen-bond donors (Lipinski definition) is 2. The molecule has 0 aromatic carbocycles. The van der Waals surface area contributed by atoms with Gasteiger partial charge in [0, 0.05) is 5.54 Å². The predicted molar refractivity (Wildman–Crippen MR) is 57.6 cm³/mol. The van der Waals surface area contributed by atoms with E-state index in [1.165, 1.54) is 0 Å². The van der Waals surface area contributed by atoms with Gasteiger partial charge in [-0.05, 0) is 20.8 Å². The number of nitrogens with one attached hydrogen (secondary N) is 1. The minimum Gasteiger partial charge on any atom is -0.369 e. The lowest BCUT2D eigenvalue weighted by Crippen LogP contribution is -2.24. The fourth-order valence-electron chi connectivity index (χ4n) is 1.46. The molecule has 0 saturated carbocycles. The van der Waals surface area contributed by atoms with Crippen molar-refractivity contribution in [2.45, 2.75) is 26.3 Å². The van der Waals surface area contributed by atoms with E-state index in [-0.39, 0.29) is 17.0 Å². The fraction of sp³-hybridized carbons (Fsp3) is 0.444. The van der Waals surface area contributed by atoms with Crippen LogP contribution >= 0.6 is 0 Å². The first-order valence-electron chi connectivity index (χ1n) is 4.63. The highest BCUT2D eigenvalue weighted by Crippen LogP contribution is 2.18. The third-order valence-electron chi connectivity index (χ3n) is 2.15. The lowest BCUT2D eigenvalue weighted by Gasteiger charge is -2.20. The van der Waals surface area contributed by atoms with E-state index in [4.69, 9.17) is 5.73 Å². The summed E-state index contributed by atoms with van der Waals surface area (Å²) in [7, 11) is 0. The zero-order valence-electron chi connectivity index (χ0n) is 8.90. The van der Waals surface area contributed by atoms with Gasteiger partial charge >= 0.3 is 0 Å². The van der Waals surface area contributed by atoms with Gasteiger partial charge in [-0.3, -0.25) is 9.78 Å². The zero-order valence-corrected chi connectivity index (χ0v) is 8.90. The van der Waals surface area contributed by atoms with E-state index in [0.29, 0.717) is 11.2 Å². The van der Waals surface area contributed by atoms with Crippen LogP contribution in [0.25, 0.3) is 11.2 Å². The molecule has 3 N–H and O–H groups in total. The number of imidazole rings is 1. The number of fused-ring (bicyclic) bond motifs is 1. The van der Waals surface area contributed by atoms with Crippen molar-refractivity contribution in [3.63, 3.8) is 0 Å². The minimum atomic E-state index is -0.259. The summed E-state index contributed by atoms with van der Waals surface area (Å²) in [6, 6.07) is 0. The van der Waals surface area contributed by atoms with E-state index in [1.54, 1.807) is 10.9 Å². The minimum absolute atomic E-state index is 0.0895. The Bertz CT molecular complexity index is 560. The van der Waals surface area contributed by atoms with Crippen molar-refractivity contribution >= 4 is 17.1 Å². The maximum absolute atomic E-state index is 11.7. The molecule has 15 heavy (non-hydrogen) atoms. The van der Waals surface area contributed by atoms with Crippen LogP contribution in [0.3, 0.4) is 0 Å². The molecule has 0 aliphatic rings. The molecule has 6 nitrogen and oxygen atoms in total. The van der Waals surface area contributed by atoms with Crippen LogP contribution in [-0.2, 0) is 5.54 Å². The van der Waals surface area contributed by atoms with Gasteiger partial charge in [0.15, 0.2) is 11.2 Å². The molecule has 6 heteroatoms. The molecule has 0 amide bonds. The van der Waals surface area contributed by atoms with Crippen LogP contribution in [0, 0.1) is 0 Å². The van der Waals surface area contributed by atoms with Crippen molar-refractivity contribution in [3.8, 4) is 0 Å². The molecule has 2 rings (SSSR count). The SMILES string of the molecule is CC(C)(C)n1cnc2nc(N)[nH]c(=O)c21. The summed E-state index contributed by atoms with van der Waals surface area (Å²) >= 11 is 0. The fourth-order valence-corrected chi connectivity index (χ4v) is 1.46. The molecule has 0 spiro atoms. The summed E-state index contributed by atoms with van der Waals surface area (Å²) in [6.45, 7) is 5.97. The average Bonchev–Trinajstić information content (AvgIpc) is 2.45.